The highest BCUT2D eigenvalue weighted by Gasteiger charge is 2.15. The number of fused-ring (bicyclic) bond motifs is 1. The van der Waals surface area contributed by atoms with Gasteiger partial charge in [-0.3, -0.25) is 4.79 Å². The number of hydrogen-bond acceptors (Lipinski definition) is 4. The van der Waals surface area contributed by atoms with Gasteiger partial charge in [-0.15, -0.1) is 0 Å². The third kappa shape index (κ3) is 4.72. The summed E-state index contributed by atoms with van der Waals surface area (Å²) in [6.07, 6.45) is 7.06. The Kier molecular flexibility index (Phi) is 6.33. The standard InChI is InChI=1S/C23H25N3O2/c1-2-22(18-11-10-16-6-3-4-7-17(16)12-18)25-15-19(14-24)23(28)26-20-8-5-9-21(27)13-20/h5,8-13,15,22,25,27H,2-4,6-7H2,1H3,(H,26,28)/b19-15-. The fourth-order valence-corrected chi connectivity index (χ4v) is 3.53. The van der Waals surface area contributed by atoms with Crippen LogP contribution >= 0.6 is 0 Å². The largest absolute Gasteiger partial charge is 0.508 e. The van der Waals surface area contributed by atoms with Crippen molar-refractivity contribution in [2.45, 2.75) is 45.1 Å². The summed E-state index contributed by atoms with van der Waals surface area (Å²) in [6.45, 7) is 2.07. The second-order valence-corrected chi connectivity index (χ2v) is 7.04. The molecule has 1 aliphatic rings. The van der Waals surface area contributed by atoms with Crippen molar-refractivity contribution in [1.82, 2.24) is 5.32 Å². The van der Waals surface area contributed by atoms with E-state index in [-0.39, 0.29) is 17.4 Å². The van der Waals surface area contributed by atoms with Crippen LogP contribution < -0.4 is 10.6 Å². The Bertz CT molecular complexity index is 928. The number of nitriles is 1. The first kappa shape index (κ1) is 19.5. The van der Waals surface area contributed by atoms with Crippen LogP contribution in [0.1, 0.15) is 48.9 Å². The molecule has 0 aliphatic heterocycles. The van der Waals surface area contributed by atoms with Crippen LogP contribution in [0.4, 0.5) is 5.69 Å². The maximum atomic E-state index is 12.4. The first-order chi connectivity index (χ1) is 13.6. The van der Waals surface area contributed by atoms with E-state index in [1.807, 2.05) is 6.07 Å². The molecule has 28 heavy (non-hydrogen) atoms. The molecule has 5 nitrogen and oxygen atoms in total. The lowest BCUT2D eigenvalue weighted by atomic mass is 9.89. The molecule has 2 aromatic rings. The van der Waals surface area contributed by atoms with Crippen LogP contribution in [0, 0.1) is 11.3 Å². The number of carbonyl (C=O) groups excluding carboxylic acids is 1. The molecule has 1 atom stereocenters. The highest BCUT2D eigenvalue weighted by molar-refractivity contribution is 6.06. The number of nitrogens with one attached hydrogen (secondary N) is 2. The summed E-state index contributed by atoms with van der Waals surface area (Å²) in [6, 6.07) is 14.8. The van der Waals surface area contributed by atoms with Gasteiger partial charge in [0, 0.05) is 18.0 Å². The summed E-state index contributed by atoms with van der Waals surface area (Å²) in [7, 11) is 0. The van der Waals surface area contributed by atoms with Crippen LogP contribution in [0.15, 0.2) is 54.2 Å². The molecule has 5 heteroatoms. The van der Waals surface area contributed by atoms with E-state index in [0.717, 1.165) is 19.3 Å². The summed E-state index contributed by atoms with van der Waals surface area (Å²) >= 11 is 0. The minimum atomic E-state index is -0.513. The van der Waals surface area contributed by atoms with E-state index in [1.54, 1.807) is 12.1 Å². The second kappa shape index (κ2) is 9.09. The summed E-state index contributed by atoms with van der Waals surface area (Å²) in [4.78, 5) is 12.4. The molecule has 2 aromatic carbocycles. The van der Waals surface area contributed by atoms with Crippen molar-refractivity contribution >= 4 is 11.6 Å². The van der Waals surface area contributed by atoms with Gasteiger partial charge in [0.2, 0.25) is 0 Å². The van der Waals surface area contributed by atoms with E-state index in [4.69, 9.17) is 0 Å². The zero-order chi connectivity index (χ0) is 19.9. The molecule has 1 aliphatic carbocycles. The van der Waals surface area contributed by atoms with Gasteiger partial charge in [-0.1, -0.05) is 31.2 Å². The quantitative estimate of drug-likeness (QED) is 0.517. The average Bonchev–Trinajstić information content (AvgIpc) is 2.71. The first-order valence-corrected chi connectivity index (χ1v) is 9.69. The van der Waals surface area contributed by atoms with Gasteiger partial charge in [0.05, 0.1) is 6.04 Å². The van der Waals surface area contributed by atoms with Gasteiger partial charge in [0.1, 0.15) is 17.4 Å². The minimum absolute atomic E-state index is 0.0141. The molecule has 0 fully saturated rings. The monoisotopic (exact) mass is 375 g/mol. The number of carbonyl (C=O) groups is 1. The van der Waals surface area contributed by atoms with Gasteiger partial charge >= 0.3 is 0 Å². The zero-order valence-electron chi connectivity index (χ0n) is 16.0. The van der Waals surface area contributed by atoms with Crippen LogP contribution in [0.5, 0.6) is 5.75 Å². The minimum Gasteiger partial charge on any atom is -0.508 e. The maximum absolute atomic E-state index is 12.4. The third-order valence-corrected chi connectivity index (χ3v) is 5.08. The number of amides is 1. The Morgan fingerprint density at radius 1 is 1.21 bits per heavy atom. The predicted molar refractivity (Wildman–Crippen MR) is 110 cm³/mol. The maximum Gasteiger partial charge on any atom is 0.267 e. The molecule has 0 saturated carbocycles. The van der Waals surface area contributed by atoms with Crippen molar-refractivity contribution in [3.63, 3.8) is 0 Å². The smallest absolute Gasteiger partial charge is 0.267 e. The van der Waals surface area contributed by atoms with E-state index in [2.05, 4.69) is 35.8 Å². The van der Waals surface area contributed by atoms with E-state index in [1.165, 1.54) is 47.9 Å². The highest BCUT2D eigenvalue weighted by atomic mass is 16.3. The molecule has 0 spiro atoms. The molecular formula is C23H25N3O2. The van der Waals surface area contributed by atoms with Gasteiger partial charge in [-0.25, -0.2) is 0 Å². The average molecular weight is 375 g/mol. The molecule has 0 bridgehead atoms. The molecule has 3 rings (SSSR count). The molecule has 0 saturated heterocycles. The van der Waals surface area contributed by atoms with Crippen molar-refractivity contribution < 1.29 is 9.90 Å². The Morgan fingerprint density at radius 3 is 2.71 bits per heavy atom. The molecule has 0 radical (unpaired) electrons. The first-order valence-electron chi connectivity index (χ1n) is 9.69. The number of rotatable bonds is 6. The van der Waals surface area contributed by atoms with Gasteiger partial charge in [-0.05, 0) is 60.9 Å². The molecule has 0 heterocycles. The van der Waals surface area contributed by atoms with E-state index in [9.17, 15) is 15.2 Å². The Hall–Kier alpha value is -3.26. The number of phenolic OH excluding ortho intramolecular Hbond substituents is 1. The fourth-order valence-electron chi connectivity index (χ4n) is 3.53. The molecule has 1 amide bonds. The number of nitrogens with zero attached hydrogens (tertiary/aromatic N) is 1. The number of aromatic hydroxyl groups is 1. The van der Waals surface area contributed by atoms with E-state index >= 15 is 0 Å². The zero-order valence-corrected chi connectivity index (χ0v) is 16.0. The van der Waals surface area contributed by atoms with E-state index in [0.29, 0.717) is 5.69 Å². The Morgan fingerprint density at radius 2 is 2.00 bits per heavy atom. The Balaban J connectivity index is 1.71. The van der Waals surface area contributed by atoms with Crippen molar-refractivity contribution in [3.05, 3.63) is 70.9 Å². The van der Waals surface area contributed by atoms with Gasteiger partial charge in [0.25, 0.3) is 5.91 Å². The van der Waals surface area contributed by atoms with Crippen molar-refractivity contribution in [2.75, 3.05) is 5.32 Å². The fraction of sp³-hybridized carbons (Fsp3) is 0.304. The summed E-state index contributed by atoms with van der Waals surface area (Å²) in [5, 5.41) is 24.7. The number of anilines is 1. The lowest BCUT2D eigenvalue weighted by Crippen LogP contribution is -2.20. The molecular weight excluding hydrogens is 350 g/mol. The topological polar surface area (TPSA) is 85.2 Å². The van der Waals surface area contributed by atoms with Crippen molar-refractivity contribution in [3.8, 4) is 11.8 Å². The van der Waals surface area contributed by atoms with Crippen LogP contribution in [-0.2, 0) is 17.6 Å². The van der Waals surface area contributed by atoms with Crippen LogP contribution in [0.25, 0.3) is 0 Å². The van der Waals surface area contributed by atoms with Crippen LogP contribution in [0.3, 0.4) is 0 Å². The Labute approximate surface area is 165 Å². The number of phenols is 1. The molecule has 1 unspecified atom stereocenters. The van der Waals surface area contributed by atoms with Crippen LogP contribution in [0.2, 0.25) is 0 Å². The van der Waals surface area contributed by atoms with Gasteiger partial charge in [0.15, 0.2) is 0 Å². The van der Waals surface area contributed by atoms with Gasteiger partial charge < -0.3 is 15.7 Å². The summed E-state index contributed by atoms with van der Waals surface area (Å²) in [5.74, 6) is -0.460. The lowest BCUT2D eigenvalue weighted by molar-refractivity contribution is -0.112. The molecule has 3 N–H and O–H groups in total. The number of benzene rings is 2. The summed E-state index contributed by atoms with van der Waals surface area (Å²) in [5.41, 5.74) is 4.44. The third-order valence-electron chi connectivity index (χ3n) is 5.08. The van der Waals surface area contributed by atoms with E-state index < -0.39 is 5.91 Å². The SMILES string of the molecule is CCC(N/C=C(/C#N)C(=O)Nc1cccc(O)c1)c1ccc2c(c1)CCCC2. The highest BCUT2D eigenvalue weighted by Crippen LogP contribution is 2.26. The normalized spacial score (nSPS) is 14.5. The van der Waals surface area contributed by atoms with Crippen LogP contribution in [-0.4, -0.2) is 11.0 Å². The predicted octanol–water partition coefficient (Wildman–Crippen LogP) is 4.36. The van der Waals surface area contributed by atoms with Crippen molar-refractivity contribution in [2.24, 2.45) is 0 Å². The molecule has 0 aromatic heterocycles. The molecule has 144 valence electrons. The second-order valence-electron chi connectivity index (χ2n) is 7.04. The number of aryl methyl sites for hydroxylation is 2. The van der Waals surface area contributed by atoms with Gasteiger partial charge in [-0.2, -0.15) is 5.26 Å². The lowest BCUT2D eigenvalue weighted by Gasteiger charge is -2.21. The summed E-state index contributed by atoms with van der Waals surface area (Å²) < 4.78 is 0. The van der Waals surface area contributed by atoms with Crippen molar-refractivity contribution in [1.29, 1.82) is 5.26 Å². The number of hydrogen-bond donors (Lipinski definition) is 3.